The fraction of sp³-hybridized carbons (Fsp3) is 0.500. The molecule has 5 heteroatoms. The monoisotopic (exact) mass is 263 g/mol. The molecule has 1 N–H and O–H groups in total. The third-order valence-electron chi connectivity index (χ3n) is 3.52. The lowest BCUT2D eigenvalue weighted by Gasteiger charge is -2.43. The van der Waals surface area contributed by atoms with Crippen LogP contribution in [-0.4, -0.2) is 19.4 Å². The predicted octanol–water partition coefficient (Wildman–Crippen LogP) is 3.02. The van der Waals surface area contributed by atoms with Gasteiger partial charge in [0, 0.05) is 1.43 Å². The molecule has 3 nitrogen and oxygen atoms in total. The summed E-state index contributed by atoms with van der Waals surface area (Å²) in [5.41, 5.74) is -0.267. The molecule has 102 valence electrons. The van der Waals surface area contributed by atoms with E-state index in [-0.39, 0.29) is 19.3 Å². The molecule has 19 heavy (non-hydrogen) atoms. The van der Waals surface area contributed by atoms with Gasteiger partial charge in [0.05, 0.1) is 7.85 Å². The number of hydrogen-bond donors (Lipinski definition) is 1. The third-order valence-corrected chi connectivity index (χ3v) is 3.52. The topological polar surface area (TPSA) is 38.3 Å². The van der Waals surface area contributed by atoms with E-state index in [0.29, 0.717) is 24.2 Å². The quantitative estimate of drug-likeness (QED) is 0.791. The molecular weight excluding hydrogens is 244 g/mol. The van der Waals surface area contributed by atoms with E-state index >= 15 is 0 Å². The number of carbonyl (C=O) groups is 1. The summed E-state index contributed by atoms with van der Waals surface area (Å²) < 4.78 is 19.6. The van der Waals surface area contributed by atoms with Crippen LogP contribution in [0, 0.1) is 5.82 Å². The van der Waals surface area contributed by atoms with E-state index in [2.05, 4.69) is 5.32 Å². The number of amides is 1. The standard InChI is InChI=1S/C12H11BFNO2.C2H6.H2/c13-6-7-2-3-8-10(9(7)14)15-11(16)12(17-8)4-1-5-12;1-2;/h2-3H,1,4-6H2,(H,15,16);1-2H3;1H. The first-order valence-electron chi connectivity index (χ1n) is 6.68. The molecule has 1 aromatic rings. The van der Waals surface area contributed by atoms with E-state index in [1.807, 2.05) is 13.8 Å². The van der Waals surface area contributed by atoms with Crippen LogP contribution in [0.3, 0.4) is 0 Å². The van der Waals surface area contributed by atoms with Gasteiger partial charge in [0.1, 0.15) is 11.4 Å². The van der Waals surface area contributed by atoms with Gasteiger partial charge in [0.15, 0.2) is 11.4 Å². The fourth-order valence-electron chi connectivity index (χ4n) is 2.27. The average molecular weight is 263 g/mol. The number of rotatable bonds is 1. The first-order valence-corrected chi connectivity index (χ1v) is 6.68. The summed E-state index contributed by atoms with van der Waals surface area (Å²) in [7, 11) is 5.42. The molecule has 3 rings (SSSR count). The summed E-state index contributed by atoms with van der Waals surface area (Å²) in [5.74, 6) is -0.337. The van der Waals surface area contributed by atoms with Crippen LogP contribution in [0.5, 0.6) is 5.75 Å². The zero-order valence-electron chi connectivity index (χ0n) is 11.3. The minimum atomic E-state index is -0.760. The first-order chi connectivity index (χ1) is 9.16. The van der Waals surface area contributed by atoms with Gasteiger partial charge >= 0.3 is 0 Å². The van der Waals surface area contributed by atoms with Crippen LogP contribution in [0.25, 0.3) is 0 Å². The first kappa shape index (κ1) is 13.9. The minimum absolute atomic E-state index is 0. The van der Waals surface area contributed by atoms with E-state index in [1.165, 1.54) is 0 Å². The van der Waals surface area contributed by atoms with Gasteiger partial charge in [-0.25, -0.2) is 4.39 Å². The molecule has 2 radical (unpaired) electrons. The zero-order chi connectivity index (χ0) is 14.0. The van der Waals surface area contributed by atoms with Crippen molar-refractivity contribution in [3.8, 4) is 5.75 Å². The van der Waals surface area contributed by atoms with Gasteiger partial charge in [-0.15, -0.1) is 0 Å². The predicted molar refractivity (Wildman–Crippen MR) is 75.2 cm³/mol. The van der Waals surface area contributed by atoms with Gasteiger partial charge in [0.25, 0.3) is 5.91 Å². The molecule has 2 aliphatic rings. The highest BCUT2D eigenvalue weighted by Crippen LogP contribution is 2.44. The molecule has 1 aliphatic heterocycles. The van der Waals surface area contributed by atoms with E-state index in [0.717, 1.165) is 6.42 Å². The Balaban J connectivity index is 0.000000639. The van der Waals surface area contributed by atoms with Crippen molar-refractivity contribution in [1.82, 2.24) is 0 Å². The number of fused-ring (bicyclic) bond motifs is 1. The van der Waals surface area contributed by atoms with Crippen molar-refractivity contribution in [1.29, 1.82) is 0 Å². The fourth-order valence-corrected chi connectivity index (χ4v) is 2.27. The lowest BCUT2D eigenvalue weighted by atomic mass is 9.78. The van der Waals surface area contributed by atoms with Crippen LogP contribution in [0.1, 0.15) is 40.1 Å². The average Bonchev–Trinajstić information content (AvgIpc) is 2.40. The summed E-state index contributed by atoms with van der Waals surface area (Å²) in [6.45, 7) is 4.00. The largest absolute Gasteiger partial charge is 0.475 e. The van der Waals surface area contributed by atoms with Crippen molar-refractivity contribution in [2.75, 3.05) is 5.32 Å². The molecule has 0 atom stereocenters. The van der Waals surface area contributed by atoms with Crippen LogP contribution in [-0.2, 0) is 11.1 Å². The molecule has 1 aromatic carbocycles. The van der Waals surface area contributed by atoms with Crippen LogP contribution >= 0.6 is 0 Å². The maximum Gasteiger partial charge on any atom is 0.268 e. The SMILES string of the molecule is CC.[B]Cc1ccc2c(c1F)NC(=O)C1(CCC1)O2.[HH]. The summed E-state index contributed by atoms with van der Waals surface area (Å²) in [6.07, 6.45) is 2.45. The molecular formula is C14H19BFNO2. The Hall–Kier alpha value is -1.52. The Bertz CT molecular complexity index is 506. The highest BCUT2D eigenvalue weighted by Gasteiger charge is 2.50. The zero-order valence-corrected chi connectivity index (χ0v) is 11.3. The molecule has 0 saturated heterocycles. The molecule has 0 unspecified atom stereocenters. The second-order valence-electron chi connectivity index (χ2n) is 4.52. The highest BCUT2D eigenvalue weighted by molar-refractivity contribution is 6.08. The Labute approximate surface area is 115 Å². The smallest absolute Gasteiger partial charge is 0.268 e. The molecule has 1 amide bonds. The summed E-state index contributed by atoms with van der Waals surface area (Å²) in [6, 6.07) is 3.26. The van der Waals surface area contributed by atoms with Gasteiger partial charge in [-0.2, -0.15) is 0 Å². The molecule has 1 heterocycles. The second kappa shape index (κ2) is 5.23. The lowest BCUT2D eigenvalue weighted by Crippen LogP contribution is -2.55. The van der Waals surface area contributed by atoms with Crippen LogP contribution in [0.4, 0.5) is 10.1 Å². The number of nitrogens with one attached hydrogen (secondary N) is 1. The van der Waals surface area contributed by atoms with Gasteiger partial charge in [-0.3, -0.25) is 4.79 Å². The van der Waals surface area contributed by atoms with E-state index < -0.39 is 11.4 Å². The molecule has 1 aliphatic carbocycles. The Morgan fingerprint density at radius 3 is 2.68 bits per heavy atom. The van der Waals surface area contributed by atoms with Crippen molar-refractivity contribution in [2.24, 2.45) is 0 Å². The minimum Gasteiger partial charge on any atom is -0.475 e. The van der Waals surface area contributed by atoms with Crippen molar-refractivity contribution in [3.05, 3.63) is 23.5 Å². The van der Waals surface area contributed by atoms with E-state index in [9.17, 15) is 9.18 Å². The second-order valence-corrected chi connectivity index (χ2v) is 4.52. The van der Waals surface area contributed by atoms with Crippen LogP contribution in [0.15, 0.2) is 12.1 Å². The van der Waals surface area contributed by atoms with E-state index in [4.69, 9.17) is 12.6 Å². The highest BCUT2D eigenvalue weighted by atomic mass is 19.1. The van der Waals surface area contributed by atoms with Gasteiger partial charge < -0.3 is 10.1 Å². The van der Waals surface area contributed by atoms with Gasteiger partial charge in [-0.05, 0) is 30.9 Å². The third kappa shape index (κ3) is 2.11. The van der Waals surface area contributed by atoms with Crippen LogP contribution < -0.4 is 10.1 Å². The number of ether oxygens (including phenoxy) is 1. The number of anilines is 1. The summed E-state index contributed by atoms with van der Waals surface area (Å²) in [5, 5.41) is 2.60. The summed E-state index contributed by atoms with van der Waals surface area (Å²) >= 11 is 0. The molecule has 1 saturated carbocycles. The van der Waals surface area contributed by atoms with Gasteiger partial charge in [0.2, 0.25) is 0 Å². The van der Waals surface area contributed by atoms with E-state index in [1.54, 1.807) is 12.1 Å². The maximum atomic E-state index is 13.9. The van der Waals surface area contributed by atoms with Gasteiger partial charge in [-0.1, -0.05) is 26.2 Å². The normalized spacial score (nSPS) is 18.4. The van der Waals surface area contributed by atoms with Crippen molar-refractivity contribution in [2.45, 2.75) is 45.0 Å². The molecule has 1 fully saturated rings. The Kier molecular flexibility index (Phi) is 3.83. The number of benzene rings is 1. The molecule has 1 spiro atoms. The van der Waals surface area contributed by atoms with Crippen molar-refractivity contribution < 1.29 is 15.3 Å². The number of halogens is 1. The number of hydrogen-bond acceptors (Lipinski definition) is 2. The molecule has 0 aromatic heterocycles. The van der Waals surface area contributed by atoms with Crippen molar-refractivity contribution >= 4 is 19.4 Å². The summed E-state index contributed by atoms with van der Waals surface area (Å²) in [4.78, 5) is 11.9. The number of carbonyl (C=O) groups excluding carboxylic acids is 1. The lowest BCUT2D eigenvalue weighted by molar-refractivity contribution is -0.140. The molecule has 0 bridgehead atoms. The Morgan fingerprint density at radius 1 is 1.47 bits per heavy atom. The Morgan fingerprint density at radius 2 is 2.16 bits per heavy atom. The van der Waals surface area contributed by atoms with Crippen molar-refractivity contribution in [3.63, 3.8) is 0 Å². The van der Waals surface area contributed by atoms with Crippen LogP contribution in [0.2, 0.25) is 0 Å². The maximum absolute atomic E-state index is 13.9.